The molecular weight excluding hydrogens is 397 g/mol. The Morgan fingerprint density at radius 2 is 1.60 bits per heavy atom. The van der Waals surface area contributed by atoms with E-state index in [9.17, 15) is 22.8 Å². The molecule has 1 aliphatic rings. The van der Waals surface area contributed by atoms with E-state index in [1.807, 2.05) is 32.0 Å². The van der Waals surface area contributed by atoms with Crippen LogP contribution in [0.15, 0.2) is 42.5 Å². The second-order valence-corrected chi connectivity index (χ2v) is 7.27. The highest BCUT2D eigenvalue weighted by molar-refractivity contribution is 5.96. The fourth-order valence-corrected chi connectivity index (χ4v) is 3.34. The summed E-state index contributed by atoms with van der Waals surface area (Å²) in [5.74, 6) is -0.263. The summed E-state index contributed by atoms with van der Waals surface area (Å²) in [5.41, 5.74) is 0.625. The minimum atomic E-state index is -4.60. The number of halogens is 3. The van der Waals surface area contributed by atoms with Gasteiger partial charge in [-0.05, 0) is 43.2 Å². The van der Waals surface area contributed by atoms with E-state index >= 15 is 0 Å². The Hall–Kier alpha value is -3.03. The van der Waals surface area contributed by atoms with E-state index in [1.165, 1.54) is 23.1 Å². The number of rotatable bonds is 4. The maximum atomic E-state index is 13.2. The van der Waals surface area contributed by atoms with Crippen LogP contribution in [0.25, 0.3) is 0 Å². The van der Waals surface area contributed by atoms with Crippen LogP contribution in [0.3, 0.4) is 0 Å². The third-order valence-corrected chi connectivity index (χ3v) is 5.08. The Labute approximate surface area is 173 Å². The molecule has 0 spiro atoms. The highest BCUT2D eigenvalue weighted by Crippen LogP contribution is 2.32. The molecule has 0 radical (unpaired) electrons. The van der Waals surface area contributed by atoms with Crippen molar-refractivity contribution >= 4 is 11.8 Å². The van der Waals surface area contributed by atoms with Crippen LogP contribution in [-0.4, -0.2) is 54.4 Å². The van der Waals surface area contributed by atoms with E-state index in [1.54, 1.807) is 4.90 Å². The summed E-state index contributed by atoms with van der Waals surface area (Å²) in [4.78, 5) is 28.0. The molecule has 0 N–H and O–H groups in total. The SMILES string of the molecule is Cc1ccc(C)c(OCC(=O)N2CCN(C(=O)c3ccccc3C(F)(F)F)CC2)c1. The first-order valence-electron chi connectivity index (χ1n) is 9.60. The number of hydrogen-bond acceptors (Lipinski definition) is 3. The smallest absolute Gasteiger partial charge is 0.417 e. The summed E-state index contributed by atoms with van der Waals surface area (Å²) in [6, 6.07) is 10.5. The minimum absolute atomic E-state index is 0.130. The molecule has 2 aromatic rings. The Bertz CT molecular complexity index is 935. The van der Waals surface area contributed by atoms with E-state index in [4.69, 9.17) is 4.74 Å². The largest absolute Gasteiger partial charge is 0.483 e. The zero-order valence-electron chi connectivity index (χ0n) is 16.8. The minimum Gasteiger partial charge on any atom is -0.483 e. The number of ether oxygens (including phenoxy) is 1. The van der Waals surface area contributed by atoms with Crippen LogP contribution in [0.1, 0.15) is 27.0 Å². The highest BCUT2D eigenvalue weighted by Gasteiger charge is 2.36. The molecule has 2 aromatic carbocycles. The molecular formula is C22H23F3N2O3. The molecule has 1 fully saturated rings. The maximum Gasteiger partial charge on any atom is 0.417 e. The van der Waals surface area contributed by atoms with Gasteiger partial charge in [-0.1, -0.05) is 24.3 Å². The van der Waals surface area contributed by atoms with Crippen molar-refractivity contribution in [3.63, 3.8) is 0 Å². The first-order valence-corrected chi connectivity index (χ1v) is 9.60. The predicted octanol–water partition coefficient (Wildman–Crippen LogP) is 3.69. The van der Waals surface area contributed by atoms with E-state index < -0.39 is 17.6 Å². The van der Waals surface area contributed by atoms with Crippen LogP contribution in [-0.2, 0) is 11.0 Å². The van der Waals surface area contributed by atoms with Gasteiger partial charge in [-0.2, -0.15) is 13.2 Å². The summed E-state index contributed by atoms with van der Waals surface area (Å²) in [7, 11) is 0. The molecule has 2 amide bonds. The van der Waals surface area contributed by atoms with Gasteiger partial charge in [0.25, 0.3) is 11.8 Å². The molecule has 5 nitrogen and oxygen atoms in total. The lowest BCUT2D eigenvalue weighted by molar-refractivity contribution is -0.138. The lowest BCUT2D eigenvalue weighted by Crippen LogP contribution is -2.51. The number of alkyl halides is 3. The first kappa shape index (κ1) is 21.7. The Morgan fingerprint density at radius 1 is 0.967 bits per heavy atom. The number of benzene rings is 2. The Morgan fingerprint density at radius 3 is 2.27 bits per heavy atom. The molecule has 30 heavy (non-hydrogen) atoms. The number of piperazine rings is 1. The highest BCUT2D eigenvalue weighted by atomic mass is 19.4. The third-order valence-electron chi connectivity index (χ3n) is 5.08. The average molecular weight is 420 g/mol. The van der Waals surface area contributed by atoms with Crippen LogP contribution in [0.2, 0.25) is 0 Å². The van der Waals surface area contributed by atoms with Crippen molar-refractivity contribution in [1.82, 2.24) is 9.80 Å². The average Bonchev–Trinajstić information content (AvgIpc) is 2.73. The van der Waals surface area contributed by atoms with Crippen LogP contribution in [0.4, 0.5) is 13.2 Å². The van der Waals surface area contributed by atoms with Gasteiger partial charge < -0.3 is 14.5 Å². The number of carbonyl (C=O) groups is 2. The summed E-state index contributed by atoms with van der Waals surface area (Å²) in [6.07, 6.45) is -4.60. The monoisotopic (exact) mass is 420 g/mol. The number of hydrogen-bond donors (Lipinski definition) is 0. The van der Waals surface area contributed by atoms with Gasteiger partial charge >= 0.3 is 6.18 Å². The van der Waals surface area contributed by atoms with Crippen molar-refractivity contribution in [2.45, 2.75) is 20.0 Å². The van der Waals surface area contributed by atoms with E-state index in [-0.39, 0.29) is 44.3 Å². The van der Waals surface area contributed by atoms with Gasteiger partial charge in [0.1, 0.15) is 5.75 Å². The third kappa shape index (κ3) is 4.93. The molecule has 1 saturated heterocycles. The van der Waals surface area contributed by atoms with Crippen molar-refractivity contribution in [2.24, 2.45) is 0 Å². The number of amides is 2. The molecule has 0 aliphatic carbocycles. The number of aryl methyl sites for hydroxylation is 2. The van der Waals surface area contributed by atoms with Crippen molar-refractivity contribution in [2.75, 3.05) is 32.8 Å². The van der Waals surface area contributed by atoms with Crippen molar-refractivity contribution in [3.05, 3.63) is 64.7 Å². The van der Waals surface area contributed by atoms with Crippen LogP contribution >= 0.6 is 0 Å². The molecule has 160 valence electrons. The van der Waals surface area contributed by atoms with Gasteiger partial charge in [0.2, 0.25) is 0 Å². The molecule has 0 saturated carbocycles. The van der Waals surface area contributed by atoms with Gasteiger partial charge in [0.05, 0.1) is 11.1 Å². The van der Waals surface area contributed by atoms with E-state index in [2.05, 4.69) is 0 Å². The molecule has 0 bridgehead atoms. The molecule has 8 heteroatoms. The second-order valence-electron chi connectivity index (χ2n) is 7.27. The molecule has 0 aromatic heterocycles. The van der Waals surface area contributed by atoms with Crippen molar-refractivity contribution in [1.29, 1.82) is 0 Å². The summed E-state index contributed by atoms with van der Waals surface area (Å²) in [6.45, 7) is 4.52. The van der Waals surface area contributed by atoms with Crippen LogP contribution in [0.5, 0.6) is 5.75 Å². The lowest BCUT2D eigenvalue weighted by atomic mass is 10.1. The quantitative estimate of drug-likeness (QED) is 0.758. The normalized spacial score (nSPS) is 14.6. The fraction of sp³-hybridized carbons (Fsp3) is 0.364. The van der Waals surface area contributed by atoms with E-state index in [0.29, 0.717) is 5.75 Å². The zero-order valence-corrected chi connectivity index (χ0v) is 16.8. The molecule has 0 atom stereocenters. The van der Waals surface area contributed by atoms with Gasteiger partial charge in [0.15, 0.2) is 6.61 Å². The summed E-state index contributed by atoms with van der Waals surface area (Å²) >= 11 is 0. The number of nitrogens with zero attached hydrogens (tertiary/aromatic N) is 2. The summed E-state index contributed by atoms with van der Waals surface area (Å²) < 4.78 is 45.2. The van der Waals surface area contributed by atoms with Gasteiger partial charge in [-0.3, -0.25) is 9.59 Å². The second kappa shape index (κ2) is 8.77. The lowest BCUT2D eigenvalue weighted by Gasteiger charge is -2.35. The van der Waals surface area contributed by atoms with Crippen molar-refractivity contribution < 1.29 is 27.5 Å². The molecule has 3 rings (SSSR count). The Kier molecular flexibility index (Phi) is 6.34. The van der Waals surface area contributed by atoms with Gasteiger partial charge in [0, 0.05) is 26.2 Å². The standard InChI is InChI=1S/C22H23F3N2O3/c1-15-7-8-16(2)19(13-15)30-14-20(28)26-9-11-27(12-10-26)21(29)17-5-3-4-6-18(17)22(23,24)25/h3-8,13H,9-12,14H2,1-2H3. The molecule has 1 heterocycles. The van der Waals surface area contributed by atoms with E-state index in [0.717, 1.165) is 17.2 Å². The van der Waals surface area contributed by atoms with Crippen LogP contribution < -0.4 is 4.74 Å². The zero-order chi connectivity index (χ0) is 21.9. The first-order chi connectivity index (χ1) is 14.2. The fourth-order valence-electron chi connectivity index (χ4n) is 3.34. The van der Waals surface area contributed by atoms with Crippen LogP contribution in [0, 0.1) is 13.8 Å². The van der Waals surface area contributed by atoms with Gasteiger partial charge in [-0.15, -0.1) is 0 Å². The topological polar surface area (TPSA) is 49.9 Å². The summed E-state index contributed by atoms with van der Waals surface area (Å²) in [5, 5.41) is 0. The maximum absolute atomic E-state index is 13.2. The van der Waals surface area contributed by atoms with Crippen molar-refractivity contribution in [3.8, 4) is 5.75 Å². The number of carbonyl (C=O) groups excluding carboxylic acids is 2. The molecule has 1 aliphatic heterocycles. The predicted molar refractivity (Wildman–Crippen MR) is 105 cm³/mol. The molecule has 0 unspecified atom stereocenters. The Balaban J connectivity index is 1.58. The van der Waals surface area contributed by atoms with Gasteiger partial charge in [-0.25, -0.2) is 0 Å².